The maximum atomic E-state index is 11.8. The van der Waals surface area contributed by atoms with Crippen LogP contribution in [-0.4, -0.2) is 28.5 Å². The van der Waals surface area contributed by atoms with E-state index in [4.69, 9.17) is 16.7 Å². The van der Waals surface area contributed by atoms with Gasteiger partial charge in [-0.15, -0.1) is 0 Å². The number of nitrogens with one attached hydrogen (secondary N) is 1. The lowest BCUT2D eigenvalue weighted by atomic mass is 10.0. The van der Waals surface area contributed by atoms with Crippen LogP contribution in [0.3, 0.4) is 0 Å². The molecular weight excluding hydrogens is 268 g/mol. The molecule has 1 unspecified atom stereocenters. The summed E-state index contributed by atoms with van der Waals surface area (Å²) in [4.78, 5) is 26.0. The van der Waals surface area contributed by atoms with Crippen LogP contribution < -0.4 is 5.32 Å². The summed E-state index contributed by atoms with van der Waals surface area (Å²) in [7, 11) is 0. The molecule has 1 heterocycles. The van der Waals surface area contributed by atoms with Gasteiger partial charge in [-0.2, -0.15) is 0 Å². The van der Waals surface area contributed by atoms with Crippen molar-refractivity contribution in [2.75, 3.05) is 6.54 Å². The van der Waals surface area contributed by atoms with Crippen LogP contribution in [0, 0.1) is 5.92 Å². The van der Waals surface area contributed by atoms with Crippen LogP contribution in [0.2, 0.25) is 5.02 Å². The van der Waals surface area contributed by atoms with Gasteiger partial charge in [0.2, 0.25) is 0 Å². The predicted molar refractivity (Wildman–Crippen MR) is 72.2 cm³/mol. The number of hydrogen-bond donors (Lipinski definition) is 2. The van der Waals surface area contributed by atoms with Gasteiger partial charge in [0, 0.05) is 25.4 Å². The van der Waals surface area contributed by atoms with E-state index in [-0.39, 0.29) is 18.2 Å². The maximum absolute atomic E-state index is 11.8. The number of amides is 1. The highest BCUT2D eigenvalue weighted by Crippen LogP contribution is 2.13. The first-order valence-corrected chi connectivity index (χ1v) is 6.48. The molecule has 0 aliphatic carbocycles. The number of carbonyl (C=O) groups is 2. The van der Waals surface area contributed by atoms with Gasteiger partial charge in [0.25, 0.3) is 5.91 Å². The summed E-state index contributed by atoms with van der Waals surface area (Å²) in [5, 5.41) is 11.6. The van der Waals surface area contributed by atoms with Gasteiger partial charge in [-0.25, -0.2) is 0 Å². The van der Waals surface area contributed by atoms with Gasteiger partial charge in [0.1, 0.15) is 0 Å². The van der Waals surface area contributed by atoms with Gasteiger partial charge >= 0.3 is 5.97 Å². The molecule has 1 atom stereocenters. The number of nitrogens with zero attached hydrogens (tertiary/aromatic N) is 1. The number of carboxylic acids is 1. The van der Waals surface area contributed by atoms with E-state index in [1.807, 2.05) is 6.92 Å². The molecule has 1 rings (SSSR count). The van der Waals surface area contributed by atoms with E-state index in [2.05, 4.69) is 10.3 Å². The molecule has 0 saturated heterocycles. The zero-order valence-corrected chi connectivity index (χ0v) is 11.5. The number of carboxylic acid groups (broad SMARTS) is 1. The molecule has 0 saturated carbocycles. The van der Waals surface area contributed by atoms with Gasteiger partial charge in [0.15, 0.2) is 0 Å². The van der Waals surface area contributed by atoms with Crippen molar-refractivity contribution in [1.82, 2.24) is 10.3 Å². The highest BCUT2D eigenvalue weighted by molar-refractivity contribution is 6.33. The van der Waals surface area contributed by atoms with Crippen LogP contribution >= 0.6 is 11.6 Å². The standard InChI is InChI=1S/C13H17ClN2O3/c1-9(2-3-12(17)18)4-7-16-13(19)10-5-6-15-8-11(10)14/h5-6,8-9H,2-4,7H2,1H3,(H,16,19)(H,17,18). The second-order valence-electron chi connectivity index (χ2n) is 4.44. The van der Waals surface area contributed by atoms with E-state index in [1.54, 1.807) is 6.07 Å². The van der Waals surface area contributed by atoms with Gasteiger partial charge < -0.3 is 10.4 Å². The largest absolute Gasteiger partial charge is 0.481 e. The molecule has 0 radical (unpaired) electrons. The Bertz CT molecular complexity index is 451. The Kier molecular flexibility index (Phi) is 6.29. The van der Waals surface area contributed by atoms with Crippen molar-refractivity contribution in [2.45, 2.75) is 26.2 Å². The zero-order valence-electron chi connectivity index (χ0n) is 10.7. The summed E-state index contributed by atoms with van der Waals surface area (Å²) in [6, 6.07) is 1.56. The Balaban J connectivity index is 2.31. The van der Waals surface area contributed by atoms with E-state index in [9.17, 15) is 9.59 Å². The van der Waals surface area contributed by atoms with Crippen LogP contribution in [0.1, 0.15) is 36.5 Å². The lowest BCUT2D eigenvalue weighted by Gasteiger charge is -2.11. The van der Waals surface area contributed by atoms with Crippen molar-refractivity contribution in [3.05, 3.63) is 29.0 Å². The monoisotopic (exact) mass is 284 g/mol. The minimum Gasteiger partial charge on any atom is -0.481 e. The summed E-state index contributed by atoms with van der Waals surface area (Å²) in [5.41, 5.74) is 0.398. The summed E-state index contributed by atoms with van der Waals surface area (Å²) in [6.45, 7) is 2.47. The molecule has 5 nitrogen and oxygen atoms in total. The lowest BCUT2D eigenvalue weighted by molar-refractivity contribution is -0.137. The second-order valence-corrected chi connectivity index (χ2v) is 4.84. The van der Waals surface area contributed by atoms with E-state index in [1.165, 1.54) is 12.4 Å². The summed E-state index contributed by atoms with van der Waals surface area (Å²) < 4.78 is 0. The van der Waals surface area contributed by atoms with Crippen LogP contribution in [0.5, 0.6) is 0 Å². The van der Waals surface area contributed by atoms with Gasteiger partial charge in [-0.1, -0.05) is 18.5 Å². The van der Waals surface area contributed by atoms with E-state index in [0.717, 1.165) is 6.42 Å². The zero-order chi connectivity index (χ0) is 14.3. The molecule has 0 fully saturated rings. The number of hydrogen-bond acceptors (Lipinski definition) is 3. The molecule has 0 aliphatic heterocycles. The van der Waals surface area contributed by atoms with Crippen molar-refractivity contribution >= 4 is 23.5 Å². The Morgan fingerprint density at radius 1 is 1.47 bits per heavy atom. The number of carbonyl (C=O) groups excluding carboxylic acids is 1. The van der Waals surface area contributed by atoms with Crippen molar-refractivity contribution in [3.8, 4) is 0 Å². The Morgan fingerprint density at radius 3 is 2.84 bits per heavy atom. The molecule has 104 valence electrons. The first-order chi connectivity index (χ1) is 9.00. The summed E-state index contributed by atoms with van der Waals surface area (Å²) in [5.74, 6) is -0.776. The van der Waals surface area contributed by atoms with Crippen LogP contribution in [-0.2, 0) is 4.79 Å². The smallest absolute Gasteiger partial charge is 0.303 e. The third-order valence-electron chi connectivity index (χ3n) is 2.79. The molecule has 0 aliphatic rings. The third kappa shape index (κ3) is 5.70. The molecule has 0 spiro atoms. The van der Waals surface area contributed by atoms with Crippen LogP contribution in [0.25, 0.3) is 0 Å². The molecule has 1 aromatic heterocycles. The number of rotatable bonds is 7. The third-order valence-corrected chi connectivity index (χ3v) is 3.09. The van der Waals surface area contributed by atoms with Gasteiger partial charge in [-0.3, -0.25) is 14.6 Å². The average molecular weight is 285 g/mol. The second kappa shape index (κ2) is 7.74. The van der Waals surface area contributed by atoms with Crippen LogP contribution in [0.15, 0.2) is 18.5 Å². The Morgan fingerprint density at radius 2 is 2.21 bits per heavy atom. The normalized spacial score (nSPS) is 11.9. The fourth-order valence-electron chi connectivity index (χ4n) is 1.60. The lowest BCUT2D eigenvalue weighted by Crippen LogP contribution is -2.26. The fraction of sp³-hybridized carbons (Fsp3) is 0.462. The summed E-state index contributed by atoms with van der Waals surface area (Å²) >= 11 is 5.86. The minimum absolute atomic E-state index is 0.158. The molecule has 6 heteroatoms. The summed E-state index contributed by atoms with van der Waals surface area (Å²) in [6.07, 6.45) is 4.44. The highest BCUT2D eigenvalue weighted by atomic mass is 35.5. The fourth-order valence-corrected chi connectivity index (χ4v) is 1.81. The van der Waals surface area contributed by atoms with E-state index >= 15 is 0 Å². The number of halogens is 1. The van der Waals surface area contributed by atoms with E-state index < -0.39 is 5.97 Å². The van der Waals surface area contributed by atoms with Gasteiger partial charge in [0.05, 0.1) is 10.6 Å². The quantitative estimate of drug-likeness (QED) is 0.805. The topological polar surface area (TPSA) is 79.3 Å². The molecule has 2 N–H and O–H groups in total. The molecule has 1 amide bonds. The van der Waals surface area contributed by atoms with Crippen molar-refractivity contribution in [2.24, 2.45) is 5.92 Å². The molecular formula is C13H17ClN2O3. The number of pyridine rings is 1. The molecule has 0 aromatic carbocycles. The average Bonchev–Trinajstić information content (AvgIpc) is 2.36. The van der Waals surface area contributed by atoms with Crippen molar-refractivity contribution < 1.29 is 14.7 Å². The SMILES string of the molecule is CC(CCNC(=O)c1ccncc1Cl)CCC(=O)O. The Labute approximate surface area is 117 Å². The van der Waals surface area contributed by atoms with Crippen molar-refractivity contribution in [1.29, 1.82) is 0 Å². The molecule has 0 bridgehead atoms. The van der Waals surface area contributed by atoms with Crippen LogP contribution in [0.4, 0.5) is 0 Å². The molecule has 1 aromatic rings. The van der Waals surface area contributed by atoms with Gasteiger partial charge in [-0.05, 0) is 24.8 Å². The maximum Gasteiger partial charge on any atom is 0.303 e. The number of aromatic nitrogens is 1. The first kappa shape index (κ1) is 15.4. The molecule has 19 heavy (non-hydrogen) atoms. The highest BCUT2D eigenvalue weighted by Gasteiger charge is 2.10. The predicted octanol–water partition coefficient (Wildman–Crippen LogP) is 2.36. The minimum atomic E-state index is -0.792. The number of aliphatic carboxylic acids is 1. The first-order valence-electron chi connectivity index (χ1n) is 6.10. The van der Waals surface area contributed by atoms with E-state index in [0.29, 0.717) is 23.6 Å². The Hall–Kier alpha value is -1.62. The van der Waals surface area contributed by atoms with Crippen molar-refractivity contribution in [3.63, 3.8) is 0 Å².